The summed E-state index contributed by atoms with van der Waals surface area (Å²) < 4.78 is 11.1. The summed E-state index contributed by atoms with van der Waals surface area (Å²) in [4.78, 5) is 2.32. The highest BCUT2D eigenvalue weighted by molar-refractivity contribution is 5.50. The molecule has 1 fully saturated rings. The number of rotatable bonds is 3. The van der Waals surface area contributed by atoms with Crippen molar-refractivity contribution in [1.29, 1.82) is 0 Å². The van der Waals surface area contributed by atoms with Crippen LogP contribution in [-0.4, -0.2) is 38.4 Å². The molecule has 0 radical (unpaired) electrons. The van der Waals surface area contributed by atoms with E-state index in [-0.39, 0.29) is 11.7 Å². The second-order valence-corrected chi connectivity index (χ2v) is 5.31. The van der Waals surface area contributed by atoms with E-state index in [0.29, 0.717) is 6.54 Å². The van der Waals surface area contributed by atoms with Crippen LogP contribution < -0.4 is 15.4 Å². The van der Waals surface area contributed by atoms with E-state index in [2.05, 4.69) is 30.9 Å². The van der Waals surface area contributed by atoms with Gasteiger partial charge in [0, 0.05) is 25.3 Å². The highest BCUT2D eigenvalue weighted by Crippen LogP contribution is 2.27. The Bertz CT molecular complexity index is 389. The van der Waals surface area contributed by atoms with Crippen molar-refractivity contribution in [3.05, 3.63) is 24.3 Å². The zero-order valence-electron chi connectivity index (χ0n) is 11.3. The first-order chi connectivity index (χ1) is 8.54. The largest absolute Gasteiger partial charge is 0.497 e. The third-order valence-electron chi connectivity index (χ3n) is 3.18. The molecule has 0 spiro atoms. The lowest BCUT2D eigenvalue weighted by Gasteiger charge is -2.43. The maximum absolute atomic E-state index is 5.93. The summed E-state index contributed by atoms with van der Waals surface area (Å²) in [6.45, 7) is 6.47. The molecular formula is C14H22N2O2. The molecule has 1 atom stereocenters. The molecule has 1 aliphatic rings. The van der Waals surface area contributed by atoms with Crippen LogP contribution in [0.5, 0.6) is 5.75 Å². The fourth-order valence-corrected chi connectivity index (χ4v) is 2.41. The summed E-state index contributed by atoms with van der Waals surface area (Å²) in [7, 11) is 1.68. The van der Waals surface area contributed by atoms with Crippen LogP contribution in [0.1, 0.15) is 13.8 Å². The minimum absolute atomic E-state index is 0.0934. The summed E-state index contributed by atoms with van der Waals surface area (Å²) in [5.41, 5.74) is 6.76. The Hall–Kier alpha value is -1.26. The molecule has 0 amide bonds. The van der Waals surface area contributed by atoms with Crippen LogP contribution in [0.25, 0.3) is 0 Å². The Morgan fingerprint density at radius 2 is 2.06 bits per heavy atom. The van der Waals surface area contributed by atoms with Gasteiger partial charge < -0.3 is 20.1 Å². The molecule has 0 aliphatic carbocycles. The van der Waals surface area contributed by atoms with Gasteiger partial charge in [-0.05, 0) is 38.1 Å². The number of morpholine rings is 1. The van der Waals surface area contributed by atoms with Crippen molar-refractivity contribution >= 4 is 5.69 Å². The van der Waals surface area contributed by atoms with Gasteiger partial charge in [0.15, 0.2) is 0 Å². The quantitative estimate of drug-likeness (QED) is 0.886. The third-order valence-corrected chi connectivity index (χ3v) is 3.18. The molecule has 0 saturated carbocycles. The number of nitrogens with zero attached hydrogens (tertiary/aromatic N) is 1. The first-order valence-corrected chi connectivity index (χ1v) is 6.31. The van der Waals surface area contributed by atoms with Gasteiger partial charge in [0.25, 0.3) is 0 Å². The van der Waals surface area contributed by atoms with Crippen molar-refractivity contribution in [1.82, 2.24) is 0 Å². The number of anilines is 1. The van der Waals surface area contributed by atoms with E-state index in [1.165, 1.54) is 5.69 Å². The number of ether oxygens (including phenoxy) is 2. The van der Waals surface area contributed by atoms with E-state index in [9.17, 15) is 0 Å². The van der Waals surface area contributed by atoms with Crippen LogP contribution in [0.2, 0.25) is 0 Å². The molecule has 1 aliphatic heterocycles. The van der Waals surface area contributed by atoms with E-state index >= 15 is 0 Å². The average Bonchev–Trinajstić information content (AvgIpc) is 2.37. The van der Waals surface area contributed by atoms with Crippen molar-refractivity contribution in [2.45, 2.75) is 25.6 Å². The van der Waals surface area contributed by atoms with Gasteiger partial charge >= 0.3 is 0 Å². The van der Waals surface area contributed by atoms with E-state index in [1.54, 1.807) is 7.11 Å². The SMILES string of the molecule is COc1ccc(N2CC(CN)OC(C)(C)C2)cc1. The lowest BCUT2D eigenvalue weighted by molar-refractivity contribution is -0.0788. The number of hydrogen-bond donors (Lipinski definition) is 1. The topological polar surface area (TPSA) is 47.7 Å². The van der Waals surface area contributed by atoms with Crippen molar-refractivity contribution in [2.24, 2.45) is 5.73 Å². The van der Waals surface area contributed by atoms with Gasteiger partial charge in [-0.2, -0.15) is 0 Å². The van der Waals surface area contributed by atoms with Crippen LogP contribution in [-0.2, 0) is 4.74 Å². The fourth-order valence-electron chi connectivity index (χ4n) is 2.41. The number of hydrogen-bond acceptors (Lipinski definition) is 4. The molecule has 1 saturated heterocycles. The Balaban J connectivity index is 2.15. The van der Waals surface area contributed by atoms with Gasteiger partial charge in [-0.3, -0.25) is 0 Å². The smallest absolute Gasteiger partial charge is 0.119 e. The van der Waals surface area contributed by atoms with Crippen LogP contribution >= 0.6 is 0 Å². The van der Waals surface area contributed by atoms with E-state index in [1.807, 2.05) is 12.1 Å². The Morgan fingerprint density at radius 1 is 1.39 bits per heavy atom. The lowest BCUT2D eigenvalue weighted by Crippen LogP contribution is -2.54. The van der Waals surface area contributed by atoms with Crippen LogP contribution in [0, 0.1) is 0 Å². The van der Waals surface area contributed by atoms with Gasteiger partial charge in [-0.25, -0.2) is 0 Å². The maximum Gasteiger partial charge on any atom is 0.119 e. The summed E-state index contributed by atoms with van der Waals surface area (Å²) >= 11 is 0. The number of nitrogens with two attached hydrogens (primary N) is 1. The van der Waals surface area contributed by atoms with Gasteiger partial charge in [-0.1, -0.05) is 0 Å². The molecule has 0 bridgehead atoms. The molecule has 1 unspecified atom stereocenters. The predicted molar refractivity (Wildman–Crippen MR) is 73.2 cm³/mol. The van der Waals surface area contributed by atoms with Gasteiger partial charge in [0.05, 0.1) is 18.8 Å². The van der Waals surface area contributed by atoms with Crippen LogP contribution in [0.4, 0.5) is 5.69 Å². The van der Waals surface area contributed by atoms with Crippen molar-refractivity contribution in [3.63, 3.8) is 0 Å². The van der Waals surface area contributed by atoms with Gasteiger partial charge in [0.2, 0.25) is 0 Å². The normalized spacial score (nSPS) is 22.9. The molecule has 100 valence electrons. The molecule has 2 rings (SSSR count). The van der Waals surface area contributed by atoms with Crippen molar-refractivity contribution in [3.8, 4) is 5.75 Å². The minimum Gasteiger partial charge on any atom is -0.497 e. The maximum atomic E-state index is 5.93. The van der Waals surface area contributed by atoms with E-state index in [4.69, 9.17) is 15.2 Å². The average molecular weight is 250 g/mol. The van der Waals surface area contributed by atoms with E-state index < -0.39 is 0 Å². The number of methoxy groups -OCH3 is 1. The Kier molecular flexibility index (Phi) is 3.78. The highest BCUT2D eigenvalue weighted by atomic mass is 16.5. The van der Waals surface area contributed by atoms with Crippen LogP contribution in [0.3, 0.4) is 0 Å². The molecule has 1 heterocycles. The second kappa shape index (κ2) is 5.16. The second-order valence-electron chi connectivity index (χ2n) is 5.31. The molecule has 1 aromatic rings. The molecule has 4 nitrogen and oxygen atoms in total. The van der Waals surface area contributed by atoms with Crippen molar-refractivity contribution in [2.75, 3.05) is 31.6 Å². The summed E-state index contributed by atoms with van der Waals surface area (Å²) in [5.74, 6) is 0.877. The van der Waals surface area contributed by atoms with Crippen molar-refractivity contribution < 1.29 is 9.47 Å². The Morgan fingerprint density at radius 3 is 2.61 bits per heavy atom. The summed E-state index contributed by atoms with van der Waals surface area (Å²) in [5, 5.41) is 0. The molecular weight excluding hydrogens is 228 g/mol. The van der Waals surface area contributed by atoms with Gasteiger partial charge in [0.1, 0.15) is 5.75 Å². The van der Waals surface area contributed by atoms with E-state index in [0.717, 1.165) is 18.8 Å². The predicted octanol–water partition coefficient (Wildman–Crippen LogP) is 1.64. The third kappa shape index (κ3) is 2.94. The molecule has 2 N–H and O–H groups in total. The molecule has 1 aromatic carbocycles. The number of benzene rings is 1. The van der Waals surface area contributed by atoms with Crippen LogP contribution in [0.15, 0.2) is 24.3 Å². The first-order valence-electron chi connectivity index (χ1n) is 6.31. The molecule has 0 aromatic heterocycles. The first kappa shape index (κ1) is 13.2. The van der Waals surface area contributed by atoms with Gasteiger partial charge in [-0.15, -0.1) is 0 Å². The minimum atomic E-state index is -0.164. The standard InChI is InChI=1S/C14H22N2O2/c1-14(2)10-16(9-13(8-15)18-14)11-4-6-12(17-3)7-5-11/h4-7,13H,8-10,15H2,1-3H3. The summed E-state index contributed by atoms with van der Waals surface area (Å²) in [6.07, 6.45) is 0.0934. The highest BCUT2D eigenvalue weighted by Gasteiger charge is 2.32. The Labute approximate surface area is 109 Å². The monoisotopic (exact) mass is 250 g/mol. The zero-order valence-corrected chi connectivity index (χ0v) is 11.3. The molecule has 4 heteroatoms. The zero-order chi connectivity index (χ0) is 13.2. The fraction of sp³-hybridized carbons (Fsp3) is 0.571. The molecule has 18 heavy (non-hydrogen) atoms. The summed E-state index contributed by atoms with van der Waals surface area (Å²) in [6, 6.07) is 8.12. The lowest BCUT2D eigenvalue weighted by atomic mass is 10.0.